The zero-order chi connectivity index (χ0) is 24.1. The van der Waals surface area contributed by atoms with E-state index in [4.69, 9.17) is 9.47 Å². The van der Waals surface area contributed by atoms with Crippen LogP contribution in [-0.2, 0) is 14.8 Å². The molecular formula is C21H23F3N2O6S. The van der Waals surface area contributed by atoms with Crippen LogP contribution in [0.1, 0.15) is 23.7 Å². The molecule has 0 aliphatic carbocycles. The predicted molar refractivity (Wildman–Crippen MR) is 113 cm³/mol. The number of halogens is 3. The minimum Gasteiger partial charge on any atom is -0.490 e. The second-order valence-corrected chi connectivity index (χ2v) is 9.03. The molecule has 2 aromatic rings. The number of anilines is 1. The molecule has 1 unspecified atom stereocenters. The molecular weight excluding hydrogens is 465 g/mol. The van der Waals surface area contributed by atoms with Gasteiger partial charge in [0.15, 0.2) is 11.5 Å². The standard InChI is InChI=1S/C21H23F3N2O6S/c1-14(12-30-13-21(22,23)24)25-20(27)15-4-2-5-16(10-15)26-33(28,29)17-6-7-18-19(11-17)32-9-3-8-31-18/h2,4-7,10-11,14,26H,3,8-9,12-13H2,1H3,(H,25,27). The highest BCUT2D eigenvalue weighted by Gasteiger charge is 2.27. The summed E-state index contributed by atoms with van der Waals surface area (Å²) in [6, 6.07) is 9.28. The first-order valence-electron chi connectivity index (χ1n) is 10.0. The molecule has 0 saturated carbocycles. The van der Waals surface area contributed by atoms with Gasteiger partial charge >= 0.3 is 6.18 Å². The van der Waals surface area contributed by atoms with E-state index in [1.54, 1.807) is 0 Å². The van der Waals surface area contributed by atoms with Crippen LogP contribution in [0.4, 0.5) is 18.9 Å². The van der Waals surface area contributed by atoms with Crippen molar-refractivity contribution in [2.24, 2.45) is 0 Å². The number of benzene rings is 2. The molecule has 2 aromatic carbocycles. The van der Waals surface area contributed by atoms with Crippen LogP contribution in [-0.4, -0.2) is 53.0 Å². The molecule has 1 amide bonds. The Balaban J connectivity index is 1.65. The molecule has 0 radical (unpaired) electrons. The molecule has 0 fully saturated rings. The number of hydrogen-bond donors (Lipinski definition) is 2. The van der Waals surface area contributed by atoms with E-state index < -0.39 is 34.8 Å². The molecule has 180 valence electrons. The molecule has 1 aliphatic rings. The van der Waals surface area contributed by atoms with Gasteiger partial charge in [0.25, 0.3) is 15.9 Å². The van der Waals surface area contributed by atoms with Crippen molar-refractivity contribution in [3.8, 4) is 11.5 Å². The fourth-order valence-corrected chi connectivity index (χ4v) is 4.01. The van der Waals surface area contributed by atoms with Crippen LogP contribution in [0, 0.1) is 0 Å². The van der Waals surface area contributed by atoms with E-state index in [1.165, 1.54) is 49.4 Å². The molecule has 33 heavy (non-hydrogen) atoms. The number of carbonyl (C=O) groups excluding carboxylic acids is 1. The van der Waals surface area contributed by atoms with Gasteiger partial charge in [-0.15, -0.1) is 0 Å². The van der Waals surface area contributed by atoms with E-state index in [-0.39, 0.29) is 22.8 Å². The van der Waals surface area contributed by atoms with Crippen LogP contribution >= 0.6 is 0 Å². The van der Waals surface area contributed by atoms with Crippen molar-refractivity contribution >= 4 is 21.6 Å². The molecule has 0 saturated heterocycles. The van der Waals surface area contributed by atoms with E-state index in [9.17, 15) is 26.4 Å². The van der Waals surface area contributed by atoms with Crippen LogP contribution < -0.4 is 19.5 Å². The molecule has 8 nitrogen and oxygen atoms in total. The molecule has 1 heterocycles. The Morgan fingerprint density at radius 2 is 1.85 bits per heavy atom. The van der Waals surface area contributed by atoms with Crippen molar-refractivity contribution in [1.29, 1.82) is 0 Å². The fraction of sp³-hybridized carbons (Fsp3) is 0.381. The van der Waals surface area contributed by atoms with E-state index in [0.29, 0.717) is 31.1 Å². The van der Waals surface area contributed by atoms with Crippen molar-refractivity contribution < 1.29 is 40.6 Å². The number of rotatable bonds is 8. The number of ether oxygens (including phenoxy) is 3. The summed E-state index contributed by atoms with van der Waals surface area (Å²) in [4.78, 5) is 12.4. The Morgan fingerprint density at radius 3 is 2.58 bits per heavy atom. The summed E-state index contributed by atoms with van der Waals surface area (Å²) in [6.45, 7) is 0.622. The maximum atomic E-state index is 12.8. The summed E-state index contributed by atoms with van der Waals surface area (Å²) in [5.74, 6) is 0.193. The Hall–Kier alpha value is -2.99. The molecule has 2 N–H and O–H groups in total. The summed E-state index contributed by atoms with van der Waals surface area (Å²) in [6.07, 6.45) is -3.78. The van der Waals surface area contributed by atoms with Crippen LogP contribution in [0.15, 0.2) is 47.4 Å². The molecule has 0 spiro atoms. The van der Waals surface area contributed by atoms with Gasteiger partial charge in [-0.1, -0.05) is 6.07 Å². The normalized spacial score (nSPS) is 14.8. The zero-order valence-corrected chi connectivity index (χ0v) is 18.5. The number of hydrogen-bond acceptors (Lipinski definition) is 6. The number of alkyl halides is 3. The lowest BCUT2D eigenvalue weighted by Gasteiger charge is -2.16. The highest BCUT2D eigenvalue weighted by atomic mass is 32.2. The molecule has 3 rings (SSSR count). The highest BCUT2D eigenvalue weighted by molar-refractivity contribution is 7.92. The Kier molecular flexibility index (Phi) is 7.69. The zero-order valence-electron chi connectivity index (χ0n) is 17.6. The fourth-order valence-electron chi connectivity index (χ4n) is 2.95. The van der Waals surface area contributed by atoms with E-state index in [2.05, 4.69) is 14.8 Å². The minimum atomic E-state index is -4.45. The van der Waals surface area contributed by atoms with Crippen molar-refractivity contribution in [1.82, 2.24) is 5.32 Å². The van der Waals surface area contributed by atoms with Crippen LogP contribution in [0.5, 0.6) is 11.5 Å². The SMILES string of the molecule is CC(COCC(F)(F)F)NC(=O)c1cccc(NS(=O)(=O)c2ccc3c(c2)OCCCO3)c1. The first-order chi connectivity index (χ1) is 15.5. The van der Waals surface area contributed by atoms with E-state index in [1.807, 2.05) is 0 Å². The first-order valence-corrected chi connectivity index (χ1v) is 11.5. The third kappa shape index (κ3) is 7.26. The second-order valence-electron chi connectivity index (χ2n) is 7.35. The van der Waals surface area contributed by atoms with Crippen molar-refractivity contribution in [2.75, 3.05) is 31.1 Å². The predicted octanol–water partition coefficient (Wildman–Crippen LogP) is 3.35. The molecule has 0 bridgehead atoms. The third-order valence-electron chi connectivity index (χ3n) is 4.42. The number of carbonyl (C=O) groups is 1. The van der Waals surface area contributed by atoms with Crippen LogP contribution in [0.3, 0.4) is 0 Å². The van der Waals surface area contributed by atoms with Crippen LogP contribution in [0.2, 0.25) is 0 Å². The summed E-state index contributed by atoms with van der Waals surface area (Å²) in [5, 5.41) is 2.51. The Morgan fingerprint density at radius 1 is 1.12 bits per heavy atom. The summed E-state index contributed by atoms with van der Waals surface area (Å²) in [7, 11) is -3.99. The lowest BCUT2D eigenvalue weighted by molar-refractivity contribution is -0.174. The van der Waals surface area contributed by atoms with Gasteiger partial charge in [0.1, 0.15) is 6.61 Å². The topological polar surface area (TPSA) is 103 Å². The lowest BCUT2D eigenvalue weighted by atomic mass is 10.2. The maximum absolute atomic E-state index is 12.8. The Labute approximate surface area is 189 Å². The molecule has 0 aromatic heterocycles. The quantitative estimate of drug-likeness (QED) is 0.591. The summed E-state index contributed by atoms with van der Waals surface area (Å²) >= 11 is 0. The van der Waals surface area contributed by atoms with Gasteiger partial charge < -0.3 is 19.5 Å². The van der Waals surface area contributed by atoms with E-state index >= 15 is 0 Å². The number of nitrogens with one attached hydrogen (secondary N) is 2. The first kappa shape index (κ1) is 24.6. The van der Waals surface area contributed by atoms with Gasteiger partial charge in [0.05, 0.1) is 24.7 Å². The number of sulfonamides is 1. The van der Waals surface area contributed by atoms with Gasteiger partial charge in [-0.3, -0.25) is 9.52 Å². The monoisotopic (exact) mass is 488 g/mol. The van der Waals surface area contributed by atoms with Gasteiger partial charge in [0, 0.05) is 29.8 Å². The van der Waals surface area contributed by atoms with Gasteiger partial charge in [0.2, 0.25) is 0 Å². The minimum absolute atomic E-state index is 0.0444. The highest BCUT2D eigenvalue weighted by Crippen LogP contribution is 2.32. The van der Waals surface area contributed by atoms with Gasteiger partial charge in [-0.2, -0.15) is 13.2 Å². The Bertz CT molecular complexity index is 1090. The number of fused-ring (bicyclic) bond motifs is 1. The second kappa shape index (κ2) is 10.3. The molecule has 1 aliphatic heterocycles. The molecule has 12 heteroatoms. The van der Waals surface area contributed by atoms with Crippen molar-refractivity contribution in [3.05, 3.63) is 48.0 Å². The maximum Gasteiger partial charge on any atom is 0.411 e. The summed E-state index contributed by atoms with van der Waals surface area (Å²) < 4.78 is 80.1. The largest absolute Gasteiger partial charge is 0.490 e. The van der Waals surface area contributed by atoms with Gasteiger partial charge in [-0.05, 0) is 37.3 Å². The summed E-state index contributed by atoms with van der Waals surface area (Å²) in [5.41, 5.74) is 0.257. The number of amides is 1. The third-order valence-corrected chi connectivity index (χ3v) is 5.80. The lowest BCUT2D eigenvalue weighted by Crippen LogP contribution is -2.36. The van der Waals surface area contributed by atoms with Crippen LogP contribution in [0.25, 0.3) is 0 Å². The van der Waals surface area contributed by atoms with Crippen molar-refractivity contribution in [2.45, 2.75) is 30.5 Å². The average Bonchev–Trinajstić information content (AvgIpc) is 2.97. The average molecular weight is 488 g/mol. The van der Waals surface area contributed by atoms with Gasteiger partial charge in [-0.25, -0.2) is 8.42 Å². The van der Waals surface area contributed by atoms with E-state index in [0.717, 1.165) is 0 Å². The van der Waals surface area contributed by atoms with Crippen molar-refractivity contribution in [3.63, 3.8) is 0 Å². The smallest absolute Gasteiger partial charge is 0.411 e. The molecule has 1 atom stereocenters.